The summed E-state index contributed by atoms with van der Waals surface area (Å²) in [6, 6.07) is 22.7. The van der Waals surface area contributed by atoms with E-state index in [0.717, 1.165) is 33.8 Å². The van der Waals surface area contributed by atoms with Crippen LogP contribution in [0.5, 0.6) is 0 Å². The molecule has 0 saturated carbocycles. The van der Waals surface area contributed by atoms with Crippen LogP contribution >= 0.6 is 0 Å². The van der Waals surface area contributed by atoms with Gasteiger partial charge in [-0.05, 0) is 23.8 Å². The quantitative estimate of drug-likeness (QED) is 0.317. The zero-order chi connectivity index (χ0) is 19.6. The van der Waals surface area contributed by atoms with Crippen molar-refractivity contribution in [3.63, 3.8) is 0 Å². The minimum atomic E-state index is -4.45. The molecule has 0 radical (unpaired) electrons. The molecule has 6 heteroatoms. The van der Waals surface area contributed by atoms with Crippen LogP contribution in [0.4, 0.5) is 18.9 Å². The van der Waals surface area contributed by atoms with Crippen molar-refractivity contribution >= 4 is 22.8 Å². The lowest BCUT2D eigenvalue weighted by molar-refractivity contribution is -0.136. The maximum atomic E-state index is 13.1. The molecule has 0 bridgehead atoms. The molecule has 28 heavy (non-hydrogen) atoms. The summed E-state index contributed by atoms with van der Waals surface area (Å²) in [7, 11) is 0. The van der Waals surface area contributed by atoms with E-state index < -0.39 is 11.7 Å². The number of alkyl halides is 3. The molecule has 140 valence electrons. The van der Waals surface area contributed by atoms with Crippen molar-refractivity contribution < 1.29 is 13.2 Å². The smallest absolute Gasteiger partial charge is 0.354 e. The molecule has 0 fully saturated rings. The van der Waals surface area contributed by atoms with E-state index >= 15 is 0 Å². The van der Waals surface area contributed by atoms with Crippen molar-refractivity contribution in [1.29, 1.82) is 0 Å². The Morgan fingerprint density at radius 2 is 1.50 bits per heavy atom. The largest absolute Gasteiger partial charge is 0.418 e. The normalized spacial score (nSPS) is 12.0. The number of hydrogen-bond acceptors (Lipinski definition) is 2. The monoisotopic (exact) mass is 379 g/mol. The first kappa shape index (κ1) is 17.9. The molecule has 0 aliphatic heterocycles. The zero-order valence-electron chi connectivity index (χ0n) is 14.7. The van der Waals surface area contributed by atoms with Gasteiger partial charge in [0.25, 0.3) is 0 Å². The standard InChI is InChI=1S/C22H16F3N3/c23-22(24,25)18-11-5-7-13-20(18)28-26-14-17-16-10-4-6-12-19(16)27-21(17)15-8-2-1-3-9-15/h1-14,27-28H. The van der Waals surface area contributed by atoms with Gasteiger partial charge in [0, 0.05) is 16.5 Å². The van der Waals surface area contributed by atoms with E-state index in [1.165, 1.54) is 18.2 Å². The molecule has 2 N–H and O–H groups in total. The summed E-state index contributed by atoms with van der Waals surface area (Å²) in [4.78, 5) is 3.37. The van der Waals surface area contributed by atoms with Crippen LogP contribution in [-0.4, -0.2) is 11.2 Å². The number of hydrogen-bond donors (Lipinski definition) is 2. The minimum absolute atomic E-state index is 0.0904. The summed E-state index contributed by atoms with van der Waals surface area (Å²) in [6.07, 6.45) is -2.90. The van der Waals surface area contributed by atoms with Gasteiger partial charge in [-0.3, -0.25) is 5.43 Å². The summed E-state index contributed by atoms with van der Waals surface area (Å²) in [5.74, 6) is 0. The van der Waals surface area contributed by atoms with E-state index in [9.17, 15) is 13.2 Å². The number of H-pyrrole nitrogens is 1. The predicted octanol–water partition coefficient (Wildman–Crippen LogP) is 6.30. The van der Waals surface area contributed by atoms with Gasteiger partial charge < -0.3 is 4.98 Å². The number of halogens is 3. The molecule has 0 saturated heterocycles. The van der Waals surface area contributed by atoms with Crippen LogP contribution in [0.15, 0.2) is 84.0 Å². The molecular weight excluding hydrogens is 363 g/mol. The highest BCUT2D eigenvalue weighted by Gasteiger charge is 2.33. The summed E-state index contributed by atoms with van der Waals surface area (Å²) in [5.41, 5.74) is 5.25. The number of para-hydroxylation sites is 2. The molecule has 1 aromatic heterocycles. The number of benzene rings is 3. The molecule has 3 nitrogen and oxygen atoms in total. The maximum absolute atomic E-state index is 13.1. The molecule has 1 heterocycles. The Hall–Kier alpha value is -3.54. The van der Waals surface area contributed by atoms with E-state index in [0.29, 0.717) is 0 Å². The Morgan fingerprint density at radius 1 is 0.821 bits per heavy atom. The topological polar surface area (TPSA) is 40.2 Å². The van der Waals surface area contributed by atoms with Crippen LogP contribution < -0.4 is 5.43 Å². The fourth-order valence-corrected chi connectivity index (χ4v) is 3.12. The van der Waals surface area contributed by atoms with Crippen molar-refractivity contribution in [2.75, 3.05) is 5.43 Å². The minimum Gasteiger partial charge on any atom is -0.354 e. The molecule has 4 rings (SSSR count). The number of rotatable bonds is 4. The number of nitrogens with zero attached hydrogens (tertiary/aromatic N) is 1. The number of anilines is 1. The Labute approximate surface area is 159 Å². The number of aromatic amines is 1. The van der Waals surface area contributed by atoms with Gasteiger partial charge in [0.2, 0.25) is 0 Å². The van der Waals surface area contributed by atoms with E-state index in [1.54, 1.807) is 6.21 Å². The number of hydrazone groups is 1. The summed E-state index contributed by atoms with van der Waals surface area (Å²) >= 11 is 0. The first-order chi connectivity index (χ1) is 13.5. The van der Waals surface area contributed by atoms with Gasteiger partial charge in [0.1, 0.15) is 0 Å². The lowest BCUT2D eigenvalue weighted by atomic mass is 10.1. The van der Waals surface area contributed by atoms with Crippen molar-refractivity contribution in [2.45, 2.75) is 6.18 Å². The van der Waals surface area contributed by atoms with Gasteiger partial charge in [-0.1, -0.05) is 60.7 Å². The van der Waals surface area contributed by atoms with Gasteiger partial charge in [-0.2, -0.15) is 18.3 Å². The third kappa shape index (κ3) is 3.49. The molecule has 0 atom stereocenters. The molecule has 0 unspecified atom stereocenters. The van der Waals surface area contributed by atoms with Crippen LogP contribution in [0.25, 0.3) is 22.2 Å². The lowest BCUT2D eigenvalue weighted by Gasteiger charge is -2.11. The average Bonchev–Trinajstić information content (AvgIpc) is 3.07. The second-order valence-corrected chi connectivity index (χ2v) is 6.24. The highest BCUT2D eigenvalue weighted by molar-refractivity contribution is 6.06. The molecule has 3 aromatic carbocycles. The van der Waals surface area contributed by atoms with Gasteiger partial charge >= 0.3 is 6.18 Å². The predicted molar refractivity (Wildman–Crippen MR) is 106 cm³/mol. The van der Waals surface area contributed by atoms with Gasteiger partial charge in [0.05, 0.1) is 23.2 Å². The first-order valence-electron chi connectivity index (χ1n) is 8.65. The van der Waals surface area contributed by atoms with Crippen LogP contribution in [0, 0.1) is 0 Å². The fraction of sp³-hybridized carbons (Fsp3) is 0.0455. The third-order valence-electron chi connectivity index (χ3n) is 4.42. The highest BCUT2D eigenvalue weighted by Crippen LogP contribution is 2.34. The molecule has 0 spiro atoms. The van der Waals surface area contributed by atoms with Gasteiger partial charge in [-0.15, -0.1) is 0 Å². The van der Waals surface area contributed by atoms with Crippen molar-refractivity contribution in [2.24, 2.45) is 5.10 Å². The Kier molecular flexibility index (Phi) is 4.61. The zero-order valence-corrected chi connectivity index (χ0v) is 14.7. The van der Waals surface area contributed by atoms with E-state index in [2.05, 4.69) is 15.5 Å². The van der Waals surface area contributed by atoms with E-state index in [-0.39, 0.29) is 5.69 Å². The van der Waals surface area contributed by atoms with E-state index in [1.807, 2.05) is 54.6 Å². The van der Waals surface area contributed by atoms with Crippen LogP contribution in [0.1, 0.15) is 11.1 Å². The highest BCUT2D eigenvalue weighted by atomic mass is 19.4. The Bertz CT molecular complexity index is 1130. The SMILES string of the molecule is FC(F)(F)c1ccccc1NN=Cc1c(-c2ccccc2)[nH]c2ccccc12. The summed E-state index contributed by atoms with van der Waals surface area (Å²) < 4.78 is 39.4. The van der Waals surface area contributed by atoms with Crippen molar-refractivity contribution in [3.05, 3.63) is 90.0 Å². The Balaban J connectivity index is 1.73. The third-order valence-corrected chi connectivity index (χ3v) is 4.42. The summed E-state index contributed by atoms with van der Waals surface area (Å²) in [5, 5.41) is 5.04. The second-order valence-electron chi connectivity index (χ2n) is 6.24. The van der Waals surface area contributed by atoms with Crippen LogP contribution in [-0.2, 0) is 6.18 Å². The van der Waals surface area contributed by atoms with Crippen molar-refractivity contribution in [1.82, 2.24) is 4.98 Å². The fourth-order valence-electron chi connectivity index (χ4n) is 3.12. The van der Waals surface area contributed by atoms with Gasteiger partial charge in [-0.25, -0.2) is 0 Å². The lowest BCUT2D eigenvalue weighted by Crippen LogP contribution is -2.08. The molecule has 0 amide bonds. The number of fused-ring (bicyclic) bond motifs is 1. The van der Waals surface area contributed by atoms with Crippen molar-refractivity contribution in [3.8, 4) is 11.3 Å². The molecule has 4 aromatic rings. The number of nitrogens with one attached hydrogen (secondary N) is 2. The van der Waals surface area contributed by atoms with E-state index in [4.69, 9.17) is 0 Å². The second kappa shape index (κ2) is 7.23. The first-order valence-corrected chi connectivity index (χ1v) is 8.65. The molecule has 0 aliphatic carbocycles. The van der Waals surface area contributed by atoms with Crippen LogP contribution in [0.2, 0.25) is 0 Å². The van der Waals surface area contributed by atoms with Gasteiger partial charge in [0.15, 0.2) is 0 Å². The molecule has 0 aliphatic rings. The number of aromatic nitrogens is 1. The Morgan fingerprint density at radius 3 is 2.29 bits per heavy atom. The average molecular weight is 379 g/mol. The maximum Gasteiger partial charge on any atom is 0.418 e. The van der Waals surface area contributed by atoms with Crippen LogP contribution in [0.3, 0.4) is 0 Å². The molecular formula is C22H16F3N3. The summed E-state index contributed by atoms with van der Waals surface area (Å²) in [6.45, 7) is 0.